The smallest absolute Gasteiger partial charge is 0.278 e. The van der Waals surface area contributed by atoms with Crippen LogP contribution in [0.15, 0.2) is 67.3 Å². The third-order valence-corrected chi connectivity index (χ3v) is 5.49. The number of nitrogens with zero attached hydrogens (tertiary/aromatic N) is 3. The van der Waals surface area contributed by atoms with E-state index in [2.05, 4.69) is 15.3 Å². The number of aromatic nitrogens is 2. The summed E-state index contributed by atoms with van der Waals surface area (Å²) in [6.07, 6.45) is 4.40. The Labute approximate surface area is 195 Å². The van der Waals surface area contributed by atoms with Crippen LogP contribution in [0.5, 0.6) is 0 Å². The fourth-order valence-corrected chi connectivity index (χ4v) is 3.59. The van der Waals surface area contributed by atoms with Crippen molar-refractivity contribution in [3.05, 3.63) is 89.8 Å². The number of amides is 2. The van der Waals surface area contributed by atoms with Gasteiger partial charge in [-0.3, -0.25) is 14.5 Å². The van der Waals surface area contributed by atoms with E-state index in [4.69, 9.17) is 11.6 Å². The lowest BCUT2D eigenvalue weighted by molar-refractivity contribution is -0.131. The molecule has 0 bridgehead atoms. The summed E-state index contributed by atoms with van der Waals surface area (Å²) in [4.78, 5) is 35.4. The Morgan fingerprint density at radius 2 is 1.82 bits per heavy atom. The van der Waals surface area contributed by atoms with E-state index < -0.39 is 23.0 Å². The SMILES string of the molecule is Cc1ccc(N(C(=O)[C@H](F)Cl)[C@](C)(C(=O)NCCc2cccc(F)c2)c2cncnc2)cc1. The Morgan fingerprint density at radius 1 is 1.15 bits per heavy atom. The molecule has 1 heterocycles. The van der Waals surface area contributed by atoms with Gasteiger partial charge in [0.05, 0.1) is 0 Å². The molecule has 2 amide bonds. The molecule has 0 fully saturated rings. The minimum absolute atomic E-state index is 0.154. The molecule has 1 N–H and O–H groups in total. The maximum absolute atomic E-state index is 14.1. The van der Waals surface area contributed by atoms with Crippen molar-refractivity contribution in [3.8, 4) is 0 Å². The van der Waals surface area contributed by atoms with Gasteiger partial charge in [0.25, 0.3) is 17.4 Å². The van der Waals surface area contributed by atoms with Gasteiger partial charge in [-0.25, -0.2) is 18.7 Å². The molecule has 0 radical (unpaired) electrons. The fourth-order valence-electron chi connectivity index (χ4n) is 3.49. The Morgan fingerprint density at radius 3 is 2.42 bits per heavy atom. The first-order chi connectivity index (χ1) is 15.7. The molecular formula is C24H23ClF2N4O2. The quantitative estimate of drug-likeness (QED) is 0.501. The number of hydrogen-bond donors (Lipinski definition) is 1. The van der Waals surface area contributed by atoms with Crippen LogP contribution >= 0.6 is 11.6 Å². The summed E-state index contributed by atoms with van der Waals surface area (Å²) >= 11 is 5.55. The largest absolute Gasteiger partial charge is 0.353 e. The van der Waals surface area contributed by atoms with Crippen LogP contribution in [0, 0.1) is 12.7 Å². The van der Waals surface area contributed by atoms with Crippen molar-refractivity contribution in [2.24, 2.45) is 0 Å². The highest BCUT2D eigenvalue weighted by atomic mass is 35.5. The summed E-state index contributed by atoms with van der Waals surface area (Å²) in [6.45, 7) is 3.49. The standard InChI is InChI=1S/C24H23ClF2N4O2/c1-16-6-8-20(9-7-16)31(22(32)21(25)27)24(2,18-13-28-15-29-14-18)23(33)30-11-10-17-4-3-5-19(26)12-17/h3-9,12-15,21H,10-11H2,1-2H3,(H,30,33)/t21-,24-/m0/s1. The van der Waals surface area contributed by atoms with Gasteiger partial charge in [-0.2, -0.15) is 0 Å². The minimum atomic E-state index is -2.38. The molecule has 6 nitrogen and oxygen atoms in total. The molecule has 33 heavy (non-hydrogen) atoms. The Kier molecular flexibility index (Phi) is 7.71. The first kappa shape index (κ1) is 24.3. The van der Waals surface area contributed by atoms with E-state index >= 15 is 0 Å². The lowest BCUT2D eigenvalue weighted by atomic mass is 9.89. The third kappa shape index (κ3) is 5.51. The van der Waals surface area contributed by atoms with Gasteiger partial charge in [-0.1, -0.05) is 41.4 Å². The normalized spacial score (nSPS) is 13.6. The summed E-state index contributed by atoms with van der Waals surface area (Å²) in [5.74, 6) is -2.08. The maximum atomic E-state index is 14.1. The van der Waals surface area contributed by atoms with Crippen molar-refractivity contribution in [1.29, 1.82) is 0 Å². The molecule has 0 aliphatic heterocycles. The predicted octanol–water partition coefficient (Wildman–Crippen LogP) is 4.07. The van der Waals surface area contributed by atoms with Crippen LogP contribution in [0.25, 0.3) is 0 Å². The summed E-state index contributed by atoms with van der Waals surface area (Å²) in [5.41, 5.74) is -1.96. The first-order valence-electron chi connectivity index (χ1n) is 10.2. The van der Waals surface area contributed by atoms with Gasteiger partial charge in [0.15, 0.2) is 5.54 Å². The van der Waals surface area contributed by atoms with Crippen LogP contribution in [-0.4, -0.2) is 34.0 Å². The minimum Gasteiger partial charge on any atom is -0.353 e. The number of hydrogen-bond acceptors (Lipinski definition) is 4. The number of carbonyl (C=O) groups excluding carboxylic acids is 2. The van der Waals surface area contributed by atoms with Gasteiger partial charge in [-0.15, -0.1) is 0 Å². The number of nitrogens with one attached hydrogen (secondary N) is 1. The Bertz CT molecular complexity index is 1110. The van der Waals surface area contributed by atoms with Crippen LogP contribution in [0.2, 0.25) is 0 Å². The predicted molar refractivity (Wildman–Crippen MR) is 122 cm³/mol. The van der Waals surface area contributed by atoms with E-state index in [9.17, 15) is 18.4 Å². The third-order valence-electron chi connectivity index (χ3n) is 5.30. The molecule has 0 spiro atoms. The Hall–Kier alpha value is -3.39. The van der Waals surface area contributed by atoms with Crippen molar-refractivity contribution in [2.75, 3.05) is 11.4 Å². The lowest BCUT2D eigenvalue weighted by Crippen LogP contribution is -2.58. The highest BCUT2D eigenvalue weighted by molar-refractivity contribution is 6.32. The molecule has 1 aromatic heterocycles. The number of alkyl halides is 2. The monoisotopic (exact) mass is 472 g/mol. The number of halogens is 3. The van der Waals surface area contributed by atoms with Crippen molar-refractivity contribution in [1.82, 2.24) is 15.3 Å². The zero-order valence-corrected chi connectivity index (χ0v) is 18.9. The van der Waals surface area contributed by atoms with Crippen LogP contribution in [-0.2, 0) is 21.5 Å². The molecule has 172 valence electrons. The number of benzene rings is 2. The average molecular weight is 473 g/mol. The summed E-state index contributed by atoms with van der Waals surface area (Å²) < 4.78 is 27.6. The second-order valence-electron chi connectivity index (χ2n) is 7.65. The first-order valence-corrected chi connectivity index (χ1v) is 10.6. The second kappa shape index (κ2) is 10.5. The van der Waals surface area contributed by atoms with Gasteiger partial charge in [0.2, 0.25) is 0 Å². The average Bonchev–Trinajstić information content (AvgIpc) is 2.80. The van der Waals surface area contributed by atoms with E-state index in [-0.39, 0.29) is 23.6 Å². The van der Waals surface area contributed by atoms with Gasteiger partial charge in [0, 0.05) is 30.2 Å². The van der Waals surface area contributed by atoms with Gasteiger partial charge in [-0.05, 0) is 50.1 Å². The molecule has 3 rings (SSSR count). The highest BCUT2D eigenvalue weighted by Crippen LogP contribution is 2.34. The number of rotatable bonds is 8. The van der Waals surface area contributed by atoms with Crippen LogP contribution in [0.1, 0.15) is 23.6 Å². The summed E-state index contributed by atoms with van der Waals surface area (Å²) in [7, 11) is 0. The van der Waals surface area contributed by atoms with Crippen LogP contribution in [0.4, 0.5) is 14.5 Å². The lowest BCUT2D eigenvalue weighted by Gasteiger charge is -2.40. The summed E-state index contributed by atoms with van der Waals surface area (Å²) in [6, 6.07) is 12.7. The molecule has 0 aliphatic rings. The molecule has 9 heteroatoms. The molecular weight excluding hydrogens is 450 g/mol. The summed E-state index contributed by atoms with van der Waals surface area (Å²) in [5, 5.41) is 2.77. The molecule has 2 atom stereocenters. The van der Waals surface area contributed by atoms with Crippen molar-refractivity contribution in [2.45, 2.75) is 31.4 Å². The molecule has 3 aromatic rings. The van der Waals surface area contributed by atoms with Crippen LogP contribution in [0.3, 0.4) is 0 Å². The number of anilines is 1. The van der Waals surface area contributed by atoms with Crippen molar-refractivity contribution < 1.29 is 18.4 Å². The molecule has 2 aromatic carbocycles. The van der Waals surface area contributed by atoms with E-state index in [1.54, 1.807) is 36.4 Å². The zero-order chi connectivity index (χ0) is 24.0. The van der Waals surface area contributed by atoms with Crippen molar-refractivity contribution in [3.63, 3.8) is 0 Å². The van der Waals surface area contributed by atoms with E-state index in [1.807, 2.05) is 6.92 Å². The maximum Gasteiger partial charge on any atom is 0.278 e. The molecule has 0 aliphatic carbocycles. The topological polar surface area (TPSA) is 75.2 Å². The molecule has 0 saturated heterocycles. The van der Waals surface area contributed by atoms with Gasteiger partial charge in [0.1, 0.15) is 12.1 Å². The van der Waals surface area contributed by atoms with E-state index in [0.29, 0.717) is 12.0 Å². The fraction of sp³-hybridized carbons (Fsp3) is 0.250. The second-order valence-corrected chi connectivity index (χ2v) is 8.03. The van der Waals surface area contributed by atoms with Gasteiger partial charge < -0.3 is 5.32 Å². The Balaban J connectivity index is 1.99. The van der Waals surface area contributed by atoms with Crippen molar-refractivity contribution >= 4 is 29.1 Å². The van der Waals surface area contributed by atoms with E-state index in [0.717, 1.165) is 10.5 Å². The zero-order valence-electron chi connectivity index (χ0n) is 18.1. The van der Waals surface area contributed by atoms with Gasteiger partial charge >= 0.3 is 0 Å². The van der Waals surface area contributed by atoms with Crippen LogP contribution < -0.4 is 10.2 Å². The molecule has 0 saturated carbocycles. The van der Waals surface area contributed by atoms with E-state index in [1.165, 1.54) is 37.8 Å². The molecule has 0 unspecified atom stereocenters. The highest BCUT2D eigenvalue weighted by Gasteiger charge is 2.46. The number of carbonyl (C=O) groups is 2. The number of aryl methyl sites for hydroxylation is 1.